The minimum Gasteiger partial charge on any atom is -0.452 e. The molecule has 1 N–H and O–H groups in total. The standard InChI is InChI=1S/C21H20N2O3/c1-15(2)17-10-7-16(8-11-17)9-12-21(25)26-14-20(24)23-19-6-4-3-5-18(19)13-22/h3-12,15H,14H2,1-2H3,(H,23,24)/b12-9+. The fourth-order valence-electron chi connectivity index (χ4n) is 2.22. The first kappa shape index (κ1) is 18.9. The normalized spacial score (nSPS) is 10.5. The SMILES string of the molecule is CC(C)c1ccc(/C=C/C(=O)OCC(=O)Nc2ccccc2C#N)cc1. The first-order valence-corrected chi connectivity index (χ1v) is 8.23. The Morgan fingerprint density at radius 3 is 2.50 bits per heavy atom. The van der Waals surface area contributed by atoms with Gasteiger partial charge in [-0.05, 0) is 35.3 Å². The van der Waals surface area contributed by atoms with Crippen molar-refractivity contribution < 1.29 is 14.3 Å². The Labute approximate surface area is 152 Å². The van der Waals surface area contributed by atoms with E-state index in [9.17, 15) is 9.59 Å². The van der Waals surface area contributed by atoms with Crippen molar-refractivity contribution in [3.8, 4) is 6.07 Å². The molecule has 0 aliphatic rings. The third-order valence-electron chi connectivity index (χ3n) is 3.68. The lowest BCUT2D eigenvalue weighted by molar-refractivity contribution is -0.142. The van der Waals surface area contributed by atoms with E-state index in [4.69, 9.17) is 10.00 Å². The van der Waals surface area contributed by atoms with Crippen LogP contribution < -0.4 is 5.32 Å². The van der Waals surface area contributed by atoms with Crippen molar-refractivity contribution in [2.45, 2.75) is 19.8 Å². The van der Waals surface area contributed by atoms with Crippen LogP contribution in [-0.2, 0) is 14.3 Å². The molecule has 0 spiro atoms. The van der Waals surface area contributed by atoms with Crippen LogP contribution in [0.4, 0.5) is 5.69 Å². The first-order valence-electron chi connectivity index (χ1n) is 8.23. The van der Waals surface area contributed by atoms with Gasteiger partial charge in [-0.3, -0.25) is 4.79 Å². The number of benzene rings is 2. The molecule has 1 amide bonds. The minimum atomic E-state index is -0.610. The van der Waals surface area contributed by atoms with E-state index in [1.807, 2.05) is 30.3 Å². The van der Waals surface area contributed by atoms with Crippen LogP contribution in [0.3, 0.4) is 0 Å². The van der Waals surface area contributed by atoms with Gasteiger partial charge in [0.05, 0.1) is 11.3 Å². The van der Waals surface area contributed by atoms with Crippen LogP contribution in [0.2, 0.25) is 0 Å². The third-order valence-corrected chi connectivity index (χ3v) is 3.68. The molecular weight excluding hydrogens is 328 g/mol. The fraction of sp³-hybridized carbons (Fsp3) is 0.190. The number of nitrogens with zero attached hydrogens (tertiary/aromatic N) is 1. The molecule has 0 aliphatic carbocycles. The molecule has 2 rings (SSSR count). The Bertz CT molecular complexity index is 846. The second-order valence-electron chi connectivity index (χ2n) is 5.97. The Kier molecular flexibility index (Phi) is 6.69. The summed E-state index contributed by atoms with van der Waals surface area (Å²) in [4.78, 5) is 23.6. The van der Waals surface area contributed by atoms with Gasteiger partial charge in [-0.1, -0.05) is 50.2 Å². The van der Waals surface area contributed by atoms with Gasteiger partial charge in [-0.2, -0.15) is 5.26 Å². The zero-order valence-corrected chi connectivity index (χ0v) is 14.7. The van der Waals surface area contributed by atoms with Crippen LogP contribution >= 0.6 is 0 Å². The molecular formula is C21H20N2O3. The molecule has 26 heavy (non-hydrogen) atoms. The van der Waals surface area contributed by atoms with E-state index in [0.29, 0.717) is 17.2 Å². The zero-order chi connectivity index (χ0) is 18.9. The van der Waals surface area contributed by atoms with Gasteiger partial charge >= 0.3 is 5.97 Å². The van der Waals surface area contributed by atoms with Crippen LogP contribution in [0.1, 0.15) is 36.5 Å². The molecule has 0 aliphatic heterocycles. The number of nitriles is 1. The van der Waals surface area contributed by atoms with E-state index in [-0.39, 0.29) is 0 Å². The van der Waals surface area contributed by atoms with Gasteiger partial charge in [0.25, 0.3) is 5.91 Å². The highest BCUT2D eigenvalue weighted by Gasteiger charge is 2.08. The Morgan fingerprint density at radius 2 is 1.85 bits per heavy atom. The van der Waals surface area contributed by atoms with E-state index in [1.54, 1.807) is 30.3 Å². The zero-order valence-electron chi connectivity index (χ0n) is 14.7. The molecule has 0 bridgehead atoms. The number of amides is 1. The Hall–Kier alpha value is -3.39. The van der Waals surface area contributed by atoms with E-state index < -0.39 is 18.5 Å². The van der Waals surface area contributed by atoms with E-state index in [0.717, 1.165) is 5.56 Å². The fourth-order valence-corrected chi connectivity index (χ4v) is 2.22. The summed E-state index contributed by atoms with van der Waals surface area (Å²) in [6.45, 7) is 3.81. The maximum atomic E-state index is 11.8. The Balaban J connectivity index is 1.84. The number of ether oxygens (including phenoxy) is 1. The van der Waals surface area contributed by atoms with Gasteiger partial charge in [0.1, 0.15) is 6.07 Å². The molecule has 2 aromatic rings. The van der Waals surface area contributed by atoms with Crippen molar-refractivity contribution in [3.05, 3.63) is 71.3 Å². The molecule has 0 saturated carbocycles. The van der Waals surface area contributed by atoms with E-state index in [1.165, 1.54) is 11.6 Å². The number of nitrogens with one attached hydrogen (secondary N) is 1. The minimum absolute atomic E-state index is 0.344. The smallest absolute Gasteiger partial charge is 0.331 e. The van der Waals surface area contributed by atoms with E-state index >= 15 is 0 Å². The predicted octanol–water partition coefficient (Wildman–Crippen LogP) is 3.88. The van der Waals surface area contributed by atoms with Crippen LogP contribution in [0.15, 0.2) is 54.6 Å². The number of esters is 1. The van der Waals surface area contributed by atoms with Crippen LogP contribution in [0.25, 0.3) is 6.08 Å². The van der Waals surface area contributed by atoms with Crippen LogP contribution in [0.5, 0.6) is 0 Å². The quantitative estimate of drug-likeness (QED) is 0.635. The van der Waals surface area contributed by atoms with Crippen molar-refractivity contribution in [2.24, 2.45) is 0 Å². The summed E-state index contributed by atoms with van der Waals surface area (Å²) < 4.78 is 4.91. The summed E-state index contributed by atoms with van der Waals surface area (Å²) in [7, 11) is 0. The number of carbonyl (C=O) groups is 2. The summed E-state index contributed by atoms with van der Waals surface area (Å²) in [6.07, 6.45) is 2.91. The molecule has 0 aromatic heterocycles. The molecule has 0 atom stereocenters. The lowest BCUT2D eigenvalue weighted by Gasteiger charge is -2.06. The maximum Gasteiger partial charge on any atom is 0.331 e. The molecule has 0 saturated heterocycles. The average Bonchev–Trinajstić information content (AvgIpc) is 2.65. The van der Waals surface area contributed by atoms with Gasteiger partial charge < -0.3 is 10.1 Å². The highest BCUT2D eigenvalue weighted by molar-refractivity contribution is 5.95. The van der Waals surface area contributed by atoms with Crippen molar-refractivity contribution in [1.82, 2.24) is 0 Å². The molecule has 0 radical (unpaired) electrons. The number of hydrogen-bond acceptors (Lipinski definition) is 4. The summed E-state index contributed by atoms with van der Waals surface area (Å²) in [5, 5.41) is 11.5. The van der Waals surface area contributed by atoms with Gasteiger partial charge in [0.15, 0.2) is 6.61 Å². The van der Waals surface area contributed by atoms with Gasteiger partial charge in [0, 0.05) is 6.08 Å². The third kappa shape index (κ3) is 5.60. The topological polar surface area (TPSA) is 79.2 Å². The van der Waals surface area contributed by atoms with Gasteiger partial charge in [0.2, 0.25) is 0 Å². The lowest BCUT2D eigenvalue weighted by atomic mass is 10.0. The van der Waals surface area contributed by atoms with Crippen molar-refractivity contribution in [3.63, 3.8) is 0 Å². The first-order chi connectivity index (χ1) is 12.5. The summed E-state index contributed by atoms with van der Waals surface area (Å²) in [6, 6.07) is 16.5. The lowest BCUT2D eigenvalue weighted by Crippen LogP contribution is -2.20. The van der Waals surface area contributed by atoms with E-state index in [2.05, 4.69) is 19.2 Å². The second kappa shape index (κ2) is 9.19. The molecule has 0 fully saturated rings. The molecule has 0 unspecified atom stereocenters. The molecule has 5 nitrogen and oxygen atoms in total. The second-order valence-corrected chi connectivity index (χ2v) is 5.97. The average molecular weight is 348 g/mol. The van der Waals surface area contributed by atoms with Crippen LogP contribution in [-0.4, -0.2) is 18.5 Å². The van der Waals surface area contributed by atoms with Gasteiger partial charge in [-0.15, -0.1) is 0 Å². The van der Waals surface area contributed by atoms with Crippen molar-refractivity contribution in [1.29, 1.82) is 5.26 Å². The monoisotopic (exact) mass is 348 g/mol. The number of carbonyl (C=O) groups excluding carboxylic acids is 2. The number of para-hydroxylation sites is 1. The molecule has 132 valence electrons. The largest absolute Gasteiger partial charge is 0.452 e. The highest BCUT2D eigenvalue weighted by Crippen LogP contribution is 2.15. The van der Waals surface area contributed by atoms with Crippen LogP contribution in [0, 0.1) is 11.3 Å². The molecule has 5 heteroatoms. The number of anilines is 1. The summed E-state index contributed by atoms with van der Waals surface area (Å²) >= 11 is 0. The van der Waals surface area contributed by atoms with Crippen molar-refractivity contribution in [2.75, 3.05) is 11.9 Å². The Morgan fingerprint density at radius 1 is 1.15 bits per heavy atom. The van der Waals surface area contributed by atoms with Crippen molar-refractivity contribution >= 4 is 23.6 Å². The predicted molar refractivity (Wildman–Crippen MR) is 100 cm³/mol. The number of hydrogen-bond donors (Lipinski definition) is 1. The number of rotatable bonds is 6. The summed E-state index contributed by atoms with van der Waals surface area (Å²) in [5.41, 5.74) is 2.83. The molecule has 2 aromatic carbocycles. The molecule has 0 heterocycles. The summed E-state index contributed by atoms with van der Waals surface area (Å²) in [5.74, 6) is -0.667. The highest BCUT2D eigenvalue weighted by atomic mass is 16.5. The van der Waals surface area contributed by atoms with Gasteiger partial charge in [-0.25, -0.2) is 4.79 Å². The maximum absolute atomic E-state index is 11.8.